The summed E-state index contributed by atoms with van der Waals surface area (Å²) in [6, 6.07) is 5.32. The molecule has 1 aliphatic rings. The van der Waals surface area contributed by atoms with Crippen LogP contribution in [0.15, 0.2) is 23.0 Å². The molecule has 0 aliphatic heterocycles. The van der Waals surface area contributed by atoms with Gasteiger partial charge in [-0.2, -0.15) is 0 Å². The van der Waals surface area contributed by atoms with E-state index in [2.05, 4.69) is 4.98 Å². The van der Waals surface area contributed by atoms with E-state index in [0.29, 0.717) is 22.8 Å². The van der Waals surface area contributed by atoms with Gasteiger partial charge in [-0.05, 0) is 30.9 Å². The molecule has 1 aromatic heterocycles. The second-order valence-electron chi connectivity index (χ2n) is 5.29. The highest BCUT2D eigenvalue weighted by atomic mass is 16.5. The number of pyridine rings is 1. The van der Waals surface area contributed by atoms with Crippen molar-refractivity contribution in [3.8, 4) is 11.5 Å². The number of ether oxygens (including phenoxy) is 2. The first-order chi connectivity index (χ1) is 9.74. The Morgan fingerprint density at radius 3 is 2.40 bits per heavy atom. The van der Waals surface area contributed by atoms with Gasteiger partial charge >= 0.3 is 0 Å². The predicted molar refractivity (Wildman–Crippen MR) is 78.9 cm³/mol. The van der Waals surface area contributed by atoms with Gasteiger partial charge in [-0.25, -0.2) is 0 Å². The van der Waals surface area contributed by atoms with Gasteiger partial charge in [0.25, 0.3) is 0 Å². The van der Waals surface area contributed by atoms with Gasteiger partial charge in [0.05, 0.1) is 25.1 Å². The first-order valence-electron chi connectivity index (χ1n) is 7.02. The molecule has 1 aliphatic carbocycles. The molecule has 3 rings (SSSR count). The van der Waals surface area contributed by atoms with Crippen molar-refractivity contribution in [2.75, 3.05) is 14.2 Å². The molecular weight excluding hydrogens is 254 g/mol. The Hall–Kier alpha value is -1.97. The molecule has 0 atom stereocenters. The summed E-state index contributed by atoms with van der Waals surface area (Å²) in [6.45, 7) is 0. The summed E-state index contributed by atoms with van der Waals surface area (Å²) in [7, 11) is 3.19. The molecular formula is C16H19NO3. The zero-order valence-electron chi connectivity index (χ0n) is 11.9. The van der Waals surface area contributed by atoms with Crippen LogP contribution in [0.5, 0.6) is 11.5 Å². The van der Waals surface area contributed by atoms with Crippen LogP contribution in [0.1, 0.15) is 37.3 Å². The summed E-state index contributed by atoms with van der Waals surface area (Å²) < 4.78 is 10.7. The summed E-state index contributed by atoms with van der Waals surface area (Å²) in [5, 5.41) is 0.564. The molecule has 1 N–H and O–H groups in total. The molecule has 0 saturated heterocycles. The van der Waals surface area contributed by atoms with Crippen LogP contribution in [0.4, 0.5) is 0 Å². The second-order valence-corrected chi connectivity index (χ2v) is 5.29. The zero-order chi connectivity index (χ0) is 14.1. The molecule has 0 radical (unpaired) electrons. The Labute approximate surface area is 117 Å². The number of benzene rings is 1. The third-order valence-electron chi connectivity index (χ3n) is 4.17. The molecule has 2 aromatic rings. The number of fused-ring (bicyclic) bond motifs is 1. The topological polar surface area (TPSA) is 51.3 Å². The summed E-state index contributed by atoms with van der Waals surface area (Å²) >= 11 is 0. The van der Waals surface area contributed by atoms with E-state index in [-0.39, 0.29) is 5.43 Å². The van der Waals surface area contributed by atoms with Gasteiger partial charge in [0.15, 0.2) is 5.43 Å². The molecule has 1 aromatic carbocycles. The molecule has 1 heterocycles. The highest BCUT2D eigenvalue weighted by molar-refractivity contribution is 5.90. The number of aromatic amines is 1. The lowest BCUT2D eigenvalue weighted by Crippen LogP contribution is -2.09. The van der Waals surface area contributed by atoms with Gasteiger partial charge in [-0.3, -0.25) is 4.79 Å². The molecule has 4 heteroatoms. The number of nitrogens with one attached hydrogen (secondary N) is 1. The standard InChI is InChI=1S/C16H19NO3/c1-19-13-7-8-14(20-2)16-15(13)12(18)9-11(17-16)10-5-3-4-6-10/h7-10H,3-6H2,1-2H3,(H,17,18). The lowest BCUT2D eigenvalue weighted by atomic mass is 10.0. The fourth-order valence-corrected chi connectivity index (χ4v) is 3.12. The lowest BCUT2D eigenvalue weighted by Gasteiger charge is -2.14. The SMILES string of the molecule is COc1ccc(OC)c2c(=O)cc(C3CCCC3)[nH]c12. The van der Waals surface area contributed by atoms with Crippen LogP contribution in [0, 0.1) is 0 Å². The van der Waals surface area contributed by atoms with Crippen LogP contribution >= 0.6 is 0 Å². The predicted octanol–water partition coefficient (Wildman–Crippen LogP) is 3.20. The van der Waals surface area contributed by atoms with Crippen molar-refractivity contribution in [3.05, 3.63) is 34.1 Å². The monoisotopic (exact) mass is 273 g/mol. The van der Waals surface area contributed by atoms with E-state index >= 15 is 0 Å². The Morgan fingerprint density at radius 2 is 1.75 bits per heavy atom. The van der Waals surface area contributed by atoms with Crippen LogP contribution in [-0.2, 0) is 0 Å². The van der Waals surface area contributed by atoms with Crippen molar-refractivity contribution < 1.29 is 9.47 Å². The first kappa shape index (κ1) is 13.0. The third-order valence-corrected chi connectivity index (χ3v) is 4.17. The van der Waals surface area contributed by atoms with E-state index in [1.807, 2.05) is 6.07 Å². The summed E-state index contributed by atoms with van der Waals surface area (Å²) in [4.78, 5) is 15.8. The van der Waals surface area contributed by atoms with Crippen LogP contribution in [0.2, 0.25) is 0 Å². The number of H-pyrrole nitrogens is 1. The minimum Gasteiger partial charge on any atom is -0.496 e. The van der Waals surface area contributed by atoms with Gasteiger partial charge < -0.3 is 14.5 Å². The lowest BCUT2D eigenvalue weighted by molar-refractivity contribution is 0.409. The Kier molecular flexibility index (Phi) is 3.38. The van der Waals surface area contributed by atoms with Crippen molar-refractivity contribution in [3.63, 3.8) is 0 Å². The molecule has 0 amide bonds. The van der Waals surface area contributed by atoms with Crippen LogP contribution in [-0.4, -0.2) is 19.2 Å². The highest BCUT2D eigenvalue weighted by Crippen LogP contribution is 2.35. The molecule has 20 heavy (non-hydrogen) atoms. The minimum absolute atomic E-state index is 0.00333. The largest absolute Gasteiger partial charge is 0.496 e. The number of aromatic nitrogens is 1. The number of hydrogen-bond donors (Lipinski definition) is 1. The van der Waals surface area contributed by atoms with Crippen molar-refractivity contribution >= 4 is 10.9 Å². The van der Waals surface area contributed by atoms with Gasteiger partial charge in [0.1, 0.15) is 11.5 Å². The van der Waals surface area contributed by atoms with Crippen molar-refractivity contribution in [1.82, 2.24) is 4.98 Å². The molecule has 0 bridgehead atoms. The molecule has 4 nitrogen and oxygen atoms in total. The molecule has 106 valence electrons. The van der Waals surface area contributed by atoms with Crippen molar-refractivity contribution in [1.29, 1.82) is 0 Å². The second kappa shape index (κ2) is 5.19. The van der Waals surface area contributed by atoms with Crippen LogP contribution in [0.25, 0.3) is 10.9 Å². The first-order valence-corrected chi connectivity index (χ1v) is 7.02. The van der Waals surface area contributed by atoms with E-state index in [1.54, 1.807) is 26.4 Å². The average Bonchev–Trinajstić information content (AvgIpc) is 3.00. The maximum absolute atomic E-state index is 12.4. The zero-order valence-corrected chi connectivity index (χ0v) is 11.9. The quantitative estimate of drug-likeness (QED) is 0.934. The maximum Gasteiger partial charge on any atom is 0.193 e. The smallest absolute Gasteiger partial charge is 0.193 e. The normalized spacial score (nSPS) is 15.7. The molecule has 1 saturated carbocycles. The van der Waals surface area contributed by atoms with Crippen molar-refractivity contribution in [2.24, 2.45) is 0 Å². The summed E-state index contributed by atoms with van der Waals surface area (Å²) in [6.07, 6.45) is 4.77. The fourth-order valence-electron chi connectivity index (χ4n) is 3.12. The molecule has 0 spiro atoms. The number of rotatable bonds is 3. The fraction of sp³-hybridized carbons (Fsp3) is 0.438. The Morgan fingerprint density at radius 1 is 1.10 bits per heavy atom. The third kappa shape index (κ3) is 2.05. The minimum atomic E-state index is -0.00333. The Balaban J connectivity index is 2.26. The highest BCUT2D eigenvalue weighted by Gasteiger charge is 2.20. The Bertz CT molecular complexity index is 684. The number of hydrogen-bond acceptors (Lipinski definition) is 3. The van der Waals surface area contributed by atoms with Gasteiger partial charge in [0, 0.05) is 11.8 Å². The number of methoxy groups -OCH3 is 2. The van der Waals surface area contributed by atoms with E-state index in [1.165, 1.54) is 12.8 Å². The van der Waals surface area contributed by atoms with E-state index < -0.39 is 0 Å². The van der Waals surface area contributed by atoms with Crippen LogP contribution < -0.4 is 14.9 Å². The van der Waals surface area contributed by atoms with Gasteiger partial charge in [-0.1, -0.05) is 12.8 Å². The van der Waals surface area contributed by atoms with Crippen molar-refractivity contribution in [2.45, 2.75) is 31.6 Å². The summed E-state index contributed by atoms with van der Waals surface area (Å²) in [5.74, 6) is 1.72. The van der Waals surface area contributed by atoms with Crippen LogP contribution in [0.3, 0.4) is 0 Å². The molecule has 1 fully saturated rings. The van der Waals surface area contributed by atoms with E-state index in [4.69, 9.17) is 9.47 Å². The van der Waals surface area contributed by atoms with E-state index in [0.717, 1.165) is 24.1 Å². The maximum atomic E-state index is 12.4. The molecule has 0 unspecified atom stereocenters. The summed E-state index contributed by atoms with van der Waals surface area (Å²) in [5.41, 5.74) is 1.75. The van der Waals surface area contributed by atoms with E-state index in [9.17, 15) is 4.79 Å². The van der Waals surface area contributed by atoms with Gasteiger partial charge in [0.2, 0.25) is 0 Å². The average molecular weight is 273 g/mol. The van der Waals surface area contributed by atoms with Gasteiger partial charge in [-0.15, -0.1) is 0 Å².